The van der Waals surface area contributed by atoms with Gasteiger partial charge in [-0.3, -0.25) is 0 Å². The number of unbranched alkanes of at least 4 members (excludes halogenated alkanes) is 1. The maximum atomic E-state index is 6.01. The fourth-order valence-corrected chi connectivity index (χ4v) is 1.87. The Morgan fingerprint density at radius 2 is 2.12 bits per heavy atom. The predicted molar refractivity (Wildman–Crippen MR) is 73.2 cm³/mol. The summed E-state index contributed by atoms with van der Waals surface area (Å²) < 4.78 is 0. The van der Waals surface area contributed by atoms with Crippen molar-refractivity contribution in [1.29, 1.82) is 0 Å². The Balaban J connectivity index is 2.69. The van der Waals surface area contributed by atoms with Gasteiger partial charge in [-0.2, -0.15) is 0 Å². The SMILES string of the molecule is CCCCC(C)Nc1cc(Cl)c(N)cc1C. The second-order valence-electron chi connectivity index (χ2n) is 4.38. The molecule has 1 rings (SSSR count). The van der Waals surface area contributed by atoms with Gasteiger partial charge in [-0.1, -0.05) is 31.4 Å². The van der Waals surface area contributed by atoms with Gasteiger partial charge < -0.3 is 11.1 Å². The van der Waals surface area contributed by atoms with E-state index in [0.717, 1.165) is 11.3 Å². The van der Waals surface area contributed by atoms with Gasteiger partial charge in [0.25, 0.3) is 0 Å². The van der Waals surface area contributed by atoms with Gasteiger partial charge in [0.15, 0.2) is 0 Å². The summed E-state index contributed by atoms with van der Waals surface area (Å²) in [5.41, 5.74) is 8.61. The molecule has 0 aliphatic rings. The summed E-state index contributed by atoms with van der Waals surface area (Å²) in [6.45, 7) is 6.44. The quantitative estimate of drug-likeness (QED) is 0.757. The van der Waals surface area contributed by atoms with Crippen molar-refractivity contribution < 1.29 is 0 Å². The monoisotopic (exact) mass is 240 g/mol. The normalized spacial score (nSPS) is 12.5. The molecule has 1 aromatic rings. The number of nitrogen functional groups attached to an aromatic ring is 1. The molecule has 0 spiro atoms. The Kier molecular flexibility index (Phi) is 4.94. The molecule has 0 saturated heterocycles. The van der Waals surface area contributed by atoms with Crippen molar-refractivity contribution >= 4 is 23.0 Å². The summed E-state index contributed by atoms with van der Waals surface area (Å²) in [7, 11) is 0. The number of anilines is 2. The van der Waals surface area contributed by atoms with Crippen LogP contribution in [0.1, 0.15) is 38.7 Å². The molecule has 3 N–H and O–H groups in total. The van der Waals surface area contributed by atoms with Crippen LogP contribution in [0.2, 0.25) is 5.02 Å². The summed E-state index contributed by atoms with van der Waals surface area (Å²) in [4.78, 5) is 0. The van der Waals surface area contributed by atoms with Crippen molar-refractivity contribution in [2.45, 2.75) is 46.1 Å². The summed E-state index contributed by atoms with van der Waals surface area (Å²) in [5.74, 6) is 0. The molecular formula is C13H21ClN2. The molecule has 0 amide bonds. The molecule has 0 heterocycles. The number of nitrogens with two attached hydrogens (primary N) is 1. The summed E-state index contributed by atoms with van der Waals surface area (Å²) >= 11 is 6.01. The van der Waals surface area contributed by atoms with Crippen LogP contribution in [0.15, 0.2) is 12.1 Å². The highest BCUT2D eigenvalue weighted by atomic mass is 35.5. The van der Waals surface area contributed by atoms with Crippen LogP contribution in [0.5, 0.6) is 0 Å². The lowest BCUT2D eigenvalue weighted by Crippen LogP contribution is -2.15. The summed E-state index contributed by atoms with van der Waals surface area (Å²) in [6, 6.07) is 4.30. The maximum absolute atomic E-state index is 6.01. The van der Waals surface area contributed by atoms with E-state index >= 15 is 0 Å². The Morgan fingerprint density at radius 1 is 1.44 bits per heavy atom. The third-order valence-corrected chi connectivity index (χ3v) is 3.06. The topological polar surface area (TPSA) is 38.0 Å². The third-order valence-electron chi connectivity index (χ3n) is 2.74. The molecule has 1 unspecified atom stereocenters. The van der Waals surface area contributed by atoms with E-state index in [1.807, 2.05) is 19.1 Å². The number of aryl methyl sites for hydroxylation is 1. The van der Waals surface area contributed by atoms with Crippen LogP contribution < -0.4 is 11.1 Å². The highest BCUT2D eigenvalue weighted by Crippen LogP contribution is 2.27. The molecule has 0 fully saturated rings. The van der Waals surface area contributed by atoms with Crippen LogP contribution in [0.4, 0.5) is 11.4 Å². The van der Waals surface area contributed by atoms with Crippen molar-refractivity contribution in [3.63, 3.8) is 0 Å². The van der Waals surface area contributed by atoms with E-state index in [0.29, 0.717) is 16.8 Å². The van der Waals surface area contributed by atoms with Crippen molar-refractivity contribution in [2.24, 2.45) is 0 Å². The lowest BCUT2D eigenvalue weighted by molar-refractivity contribution is 0.645. The smallest absolute Gasteiger partial charge is 0.0656 e. The lowest BCUT2D eigenvalue weighted by atomic mass is 10.1. The van der Waals surface area contributed by atoms with E-state index < -0.39 is 0 Å². The molecule has 1 atom stereocenters. The molecule has 3 heteroatoms. The zero-order valence-corrected chi connectivity index (χ0v) is 11.1. The summed E-state index contributed by atoms with van der Waals surface area (Å²) in [6.07, 6.45) is 3.65. The largest absolute Gasteiger partial charge is 0.398 e. The Labute approximate surface area is 103 Å². The molecule has 16 heavy (non-hydrogen) atoms. The molecule has 0 aromatic heterocycles. The average molecular weight is 241 g/mol. The van der Waals surface area contributed by atoms with Crippen molar-refractivity contribution in [3.05, 3.63) is 22.7 Å². The fourth-order valence-electron chi connectivity index (χ4n) is 1.71. The molecule has 0 saturated carbocycles. The van der Waals surface area contributed by atoms with Gasteiger partial charge in [0, 0.05) is 11.7 Å². The van der Waals surface area contributed by atoms with E-state index in [1.54, 1.807) is 0 Å². The van der Waals surface area contributed by atoms with E-state index in [-0.39, 0.29) is 0 Å². The van der Waals surface area contributed by atoms with Crippen LogP contribution >= 0.6 is 11.6 Å². The van der Waals surface area contributed by atoms with Gasteiger partial charge in [0.1, 0.15) is 0 Å². The van der Waals surface area contributed by atoms with Crippen LogP contribution in [-0.4, -0.2) is 6.04 Å². The molecule has 0 aliphatic carbocycles. The number of benzene rings is 1. The Morgan fingerprint density at radius 3 is 2.75 bits per heavy atom. The number of nitrogens with one attached hydrogen (secondary N) is 1. The van der Waals surface area contributed by atoms with E-state index in [1.165, 1.54) is 19.3 Å². The minimum Gasteiger partial charge on any atom is -0.398 e. The standard InChI is InChI=1S/C13H21ClN2/c1-4-5-6-10(3)16-13-8-11(14)12(15)7-9(13)2/h7-8,10,16H,4-6,15H2,1-3H3. The van der Waals surface area contributed by atoms with Gasteiger partial charge in [0.2, 0.25) is 0 Å². The fraction of sp³-hybridized carbons (Fsp3) is 0.538. The zero-order chi connectivity index (χ0) is 12.1. The highest BCUT2D eigenvalue weighted by Gasteiger charge is 2.06. The first kappa shape index (κ1) is 13.2. The first-order valence-electron chi connectivity index (χ1n) is 5.86. The molecule has 2 nitrogen and oxygen atoms in total. The second kappa shape index (κ2) is 6.00. The van der Waals surface area contributed by atoms with Crippen molar-refractivity contribution in [3.8, 4) is 0 Å². The molecule has 90 valence electrons. The second-order valence-corrected chi connectivity index (χ2v) is 4.78. The molecule has 0 radical (unpaired) electrons. The highest BCUT2D eigenvalue weighted by molar-refractivity contribution is 6.33. The first-order chi connectivity index (χ1) is 7.54. The molecule has 0 aliphatic heterocycles. The van der Waals surface area contributed by atoms with Crippen molar-refractivity contribution in [1.82, 2.24) is 0 Å². The maximum Gasteiger partial charge on any atom is 0.0656 e. The minimum absolute atomic E-state index is 0.471. The molecular weight excluding hydrogens is 220 g/mol. The number of hydrogen-bond acceptors (Lipinski definition) is 2. The Hall–Kier alpha value is -0.890. The predicted octanol–water partition coefficient (Wildman–Crippen LogP) is 4.22. The van der Waals surface area contributed by atoms with E-state index in [9.17, 15) is 0 Å². The van der Waals surface area contributed by atoms with E-state index in [4.69, 9.17) is 17.3 Å². The number of hydrogen-bond donors (Lipinski definition) is 2. The van der Waals surface area contributed by atoms with Crippen LogP contribution in [-0.2, 0) is 0 Å². The molecule has 0 bridgehead atoms. The molecule has 1 aromatic carbocycles. The minimum atomic E-state index is 0.471. The van der Waals surface area contributed by atoms with Crippen LogP contribution in [0.3, 0.4) is 0 Å². The average Bonchev–Trinajstić information content (AvgIpc) is 2.23. The number of halogens is 1. The zero-order valence-electron chi connectivity index (χ0n) is 10.3. The van der Waals surface area contributed by atoms with Gasteiger partial charge in [-0.05, 0) is 38.0 Å². The van der Waals surface area contributed by atoms with Crippen LogP contribution in [0.25, 0.3) is 0 Å². The number of rotatable bonds is 5. The van der Waals surface area contributed by atoms with Crippen LogP contribution in [0, 0.1) is 6.92 Å². The first-order valence-corrected chi connectivity index (χ1v) is 6.24. The van der Waals surface area contributed by atoms with Gasteiger partial charge in [0.05, 0.1) is 10.7 Å². The third kappa shape index (κ3) is 3.60. The van der Waals surface area contributed by atoms with Crippen molar-refractivity contribution in [2.75, 3.05) is 11.1 Å². The van der Waals surface area contributed by atoms with Gasteiger partial charge in [-0.15, -0.1) is 0 Å². The lowest BCUT2D eigenvalue weighted by Gasteiger charge is -2.17. The van der Waals surface area contributed by atoms with Gasteiger partial charge >= 0.3 is 0 Å². The van der Waals surface area contributed by atoms with E-state index in [2.05, 4.69) is 19.2 Å². The van der Waals surface area contributed by atoms with Gasteiger partial charge in [-0.25, -0.2) is 0 Å². The Bertz CT molecular complexity index is 350. The summed E-state index contributed by atoms with van der Waals surface area (Å²) in [5, 5.41) is 4.09.